The van der Waals surface area contributed by atoms with E-state index in [1.165, 1.54) is 6.07 Å². The topological polar surface area (TPSA) is 35.0 Å². The fraction of sp³-hybridized carbons (Fsp3) is 0.167. The number of rotatable bonds is 3. The first-order valence-corrected chi connectivity index (χ1v) is 4.88. The number of aromatic nitrogens is 2. The van der Waals surface area contributed by atoms with Crippen molar-refractivity contribution in [1.29, 1.82) is 0 Å². The molecule has 0 radical (unpaired) electrons. The van der Waals surface area contributed by atoms with Gasteiger partial charge in [0, 0.05) is 24.4 Å². The minimum atomic E-state index is -0.312. The van der Waals surface area contributed by atoms with Gasteiger partial charge < -0.3 is 4.74 Å². The maximum atomic E-state index is 13.4. The van der Waals surface area contributed by atoms with Crippen LogP contribution in [0.3, 0.4) is 0 Å². The van der Waals surface area contributed by atoms with Gasteiger partial charge in [0.05, 0.1) is 12.8 Å². The molecular weight excluding hydrogens is 207 g/mol. The summed E-state index contributed by atoms with van der Waals surface area (Å²) in [5.74, 6) is 0.195. The molecule has 0 aliphatic heterocycles. The van der Waals surface area contributed by atoms with E-state index in [0.29, 0.717) is 18.0 Å². The Bertz CT molecular complexity index is 488. The van der Waals surface area contributed by atoms with Crippen molar-refractivity contribution < 1.29 is 9.13 Å². The standard InChI is InChI=1S/C12H11FN2O/c1-16-12-9(4-2-7-15-12)8-11-10(13)5-3-6-14-11/h2-7H,8H2,1H3. The van der Waals surface area contributed by atoms with Gasteiger partial charge in [0.2, 0.25) is 5.88 Å². The minimum Gasteiger partial charge on any atom is -0.481 e. The molecule has 82 valence electrons. The van der Waals surface area contributed by atoms with Crippen LogP contribution in [-0.4, -0.2) is 17.1 Å². The van der Waals surface area contributed by atoms with Crippen LogP contribution in [0.4, 0.5) is 4.39 Å². The summed E-state index contributed by atoms with van der Waals surface area (Å²) in [7, 11) is 1.54. The molecule has 0 bridgehead atoms. The van der Waals surface area contributed by atoms with Gasteiger partial charge >= 0.3 is 0 Å². The lowest BCUT2D eigenvalue weighted by molar-refractivity contribution is 0.393. The van der Waals surface area contributed by atoms with E-state index >= 15 is 0 Å². The lowest BCUT2D eigenvalue weighted by Crippen LogP contribution is -1.99. The predicted octanol–water partition coefficient (Wildman–Crippen LogP) is 2.22. The van der Waals surface area contributed by atoms with Crippen molar-refractivity contribution in [3.8, 4) is 5.88 Å². The van der Waals surface area contributed by atoms with Crippen molar-refractivity contribution in [2.24, 2.45) is 0 Å². The number of nitrogens with zero attached hydrogens (tertiary/aromatic N) is 2. The second kappa shape index (κ2) is 4.70. The van der Waals surface area contributed by atoms with Gasteiger partial charge in [0.15, 0.2) is 0 Å². The fourth-order valence-electron chi connectivity index (χ4n) is 1.47. The van der Waals surface area contributed by atoms with E-state index in [4.69, 9.17) is 4.74 Å². The molecule has 0 aliphatic carbocycles. The highest BCUT2D eigenvalue weighted by Gasteiger charge is 2.08. The van der Waals surface area contributed by atoms with E-state index in [2.05, 4.69) is 9.97 Å². The third kappa shape index (κ3) is 2.16. The van der Waals surface area contributed by atoms with Gasteiger partial charge in [-0.2, -0.15) is 0 Å². The Labute approximate surface area is 92.9 Å². The average molecular weight is 218 g/mol. The van der Waals surface area contributed by atoms with E-state index in [9.17, 15) is 4.39 Å². The van der Waals surface area contributed by atoms with Gasteiger partial charge in [0.25, 0.3) is 0 Å². The molecule has 0 amide bonds. The second-order valence-electron chi connectivity index (χ2n) is 3.28. The molecule has 0 saturated carbocycles. The lowest BCUT2D eigenvalue weighted by atomic mass is 10.1. The van der Waals surface area contributed by atoms with Crippen molar-refractivity contribution >= 4 is 0 Å². The quantitative estimate of drug-likeness (QED) is 0.792. The molecule has 2 aromatic rings. The summed E-state index contributed by atoms with van der Waals surface area (Å²) in [5.41, 5.74) is 1.22. The molecule has 0 saturated heterocycles. The number of hydrogen-bond donors (Lipinski definition) is 0. The third-order valence-corrected chi connectivity index (χ3v) is 2.24. The lowest BCUT2D eigenvalue weighted by Gasteiger charge is -2.06. The molecule has 0 N–H and O–H groups in total. The zero-order valence-corrected chi connectivity index (χ0v) is 8.85. The molecular formula is C12H11FN2O. The molecule has 16 heavy (non-hydrogen) atoms. The van der Waals surface area contributed by atoms with Crippen molar-refractivity contribution in [3.05, 3.63) is 53.7 Å². The van der Waals surface area contributed by atoms with Crippen LogP contribution in [0.15, 0.2) is 36.7 Å². The van der Waals surface area contributed by atoms with E-state index in [1.54, 1.807) is 31.6 Å². The van der Waals surface area contributed by atoms with Crippen molar-refractivity contribution in [3.63, 3.8) is 0 Å². The summed E-state index contributed by atoms with van der Waals surface area (Å²) in [6.07, 6.45) is 3.59. The van der Waals surface area contributed by atoms with Crippen LogP contribution in [0.1, 0.15) is 11.3 Å². The van der Waals surface area contributed by atoms with Crippen LogP contribution < -0.4 is 4.74 Å². The fourth-order valence-corrected chi connectivity index (χ4v) is 1.47. The zero-order valence-electron chi connectivity index (χ0n) is 8.85. The number of pyridine rings is 2. The number of hydrogen-bond acceptors (Lipinski definition) is 3. The first-order chi connectivity index (χ1) is 7.81. The second-order valence-corrected chi connectivity index (χ2v) is 3.28. The largest absolute Gasteiger partial charge is 0.481 e. The van der Waals surface area contributed by atoms with Gasteiger partial charge in [0.1, 0.15) is 5.82 Å². The summed E-state index contributed by atoms with van der Waals surface area (Å²) < 4.78 is 18.5. The minimum absolute atomic E-state index is 0.312. The third-order valence-electron chi connectivity index (χ3n) is 2.24. The highest BCUT2D eigenvalue weighted by Crippen LogP contribution is 2.18. The van der Waals surface area contributed by atoms with Crippen LogP contribution in [-0.2, 0) is 6.42 Å². The molecule has 4 heteroatoms. The van der Waals surface area contributed by atoms with Crippen LogP contribution in [0, 0.1) is 5.82 Å². The van der Waals surface area contributed by atoms with Gasteiger partial charge in [-0.3, -0.25) is 4.98 Å². The Morgan fingerprint density at radius 3 is 2.69 bits per heavy atom. The summed E-state index contributed by atoms with van der Waals surface area (Å²) in [4.78, 5) is 8.04. The molecule has 2 rings (SSSR count). The monoisotopic (exact) mass is 218 g/mol. The maximum absolute atomic E-state index is 13.4. The van der Waals surface area contributed by atoms with E-state index < -0.39 is 0 Å². The summed E-state index contributed by atoms with van der Waals surface area (Å²) in [6.45, 7) is 0. The van der Waals surface area contributed by atoms with Crippen molar-refractivity contribution in [2.45, 2.75) is 6.42 Å². The Morgan fingerprint density at radius 2 is 1.94 bits per heavy atom. The zero-order chi connectivity index (χ0) is 11.4. The number of halogens is 1. The molecule has 0 aromatic carbocycles. The van der Waals surface area contributed by atoms with Gasteiger partial charge in [-0.25, -0.2) is 9.37 Å². The van der Waals surface area contributed by atoms with E-state index in [0.717, 1.165) is 5.56 Å². The average Bonchev–Trinajstić information content (AvgIpc) is 2.33. The molecule has 0 atom stereocenters. The van der Waals surface area contributed by atoms with Crippen molar-refractivity contribution in [2.75, 3.05) is 7.11 Å². The Balaban J connectivity index is 2.30. The van der Waals surface area contributed by atoms with Crippen LogP contribution in [0.2, 0.25) is 0 Å². The molecule has 2 aromatic heterocycles. The first-order valence-electron chi connectivity index (χ1n) is 4.88. The van der Waals surface area contributed by atoms with Crippen molar-refractivity contribution in [1.82, 2.24) is 9.97 Å². The van der Waals surface area contributed by atoms with Crippen LogP contribution in [0.5, 0.6) is 5.88 Å². The number of ether oxygens (including phenoxy) is 1. The summed E-state index contributed by atoms with van der Waals surface area (Å²) in [5, 5.41) is 0. The van der Waals surface area contributed by atoms with Gasteiger partial charge in [-0.1, -0.05) is 6.07 Å². The van der Waals surface area contributed by atoms with Gasteiger partial charge in [-0.05, 0) is 18.2 Å². The SMILES string of the molecule is COc1ncccc1Cc1ncccc1F. The predicted molar refractivity (Wildman–Crippen MR) is 57.8 cm³/mol. The Kier molecular flexibility index (Phi) is 3.10. The molecule has 0 spiro atoms. The molecule has 3 nitrogen and oxygen atoms in total. The molecule has 0 aliphatic rings. The van der Waals surface area contributed by atoms with Crippen LogP contribution in [0.25, 0.3) is 0 Å². The highest BCUT2D eigenvalue weighted by atomic mass is 19.1. The van der Waals surface area contributed by atoms with E-state index in [1.807, 2.05) is 6.07 Å². The molecule has 0 fully saturated rings. The Hall–Kier alpha value is -1.97. The van der Waals surface area contributed by atoms with E-state index in [-0.39, 0.29) is 5.82 Å². The maximum Gasteiger partial charge on any atom is 0.216 e. The number of methoxy groups -OCH3 is 1. The summed E-state index contributed by atoms with van der Waals surface area (Å²) >= 11 is 0. The smallest absolute Gasteiger partial charge is 0.216 e. The normalized spacial score (nSPS) is 10.1. The Morgan fingerprint density at radius 1 is 1.19 bits per heavy atom. The van der Waals surface area contributed by atoms with Gasteiger partial charge in [-0.15, -0.1) is 0 Å². The summed E-state index contributed by atoms with van der Waals surface area (Å²) in [6, 6.07) is 6.60. The molecule has 0 unspecified atom stereocenters. The molecule has 2 heterocycles. The van der Waals surface area contributed by atoms with Crippen LogP contribution >= 0.6 is 0 Å². The highest BCUT2D eigenvalue weighted by molar-refractivity contribution is 5.30. The first kappa shape index (κ1) is 10.5.